The third-order valence-corrected chi connectivity index (χ3v) is 7.27. The molecule has 4 unspecified atom stereocenters. The Morgan fingerprint density at radius 1 is 0.708 bits per heavy atom. The van der Waals surface area contributed by atoms with Crippen molar-refractivity contribution in [2.45, 2.75) is 96.5 Å². The molecule has 0 bridgehead atoms. The van der Waals surface area contributed by atoms with Crippen LogP contribution in [0.25, 0.3) is 0 Å². The van der Waals surface area contributed by atoms with Crippen LogP contribution in [-0.2, 0) is 4.74 Å². The lowest BCUT2D eigenvalue weighted by Crippen LogP contribution is -2.42. The van der Waals surface area contributed by atoms with E-state index in [9.17, 15) is 8.78 Å². The number of hydrogen-bond donors (Lipinski definition) is 0. The van der Waals surface area contributed by atoms with Crippen molar-refractivity contribution in [2.24, 2.45) is 29.6 Å². The van der Waals surface area contributed by atoms with Crippen molar-refractivity contribution in [3.05, 3.63) is 0 Å². The molecule has 0 saturated heterocycles. The van der Waals surface area contributed by atoms with Crippen molar-refractivity contribution >= 4 is 0 Å². The van der Waals surface area contributed by atoms with E-state index in [2.05, 4.69) is 6.92 Å². The average Bonchev–Trinajstić information content (AvgIpc) is 2.60. The SMILES string of the molecule is CC1CCC(C2CCC(COC3CCC(C)C(F)C3F)CC2)CC1. The van der Waals surface area contributed by atoms with Crippen molar-refractivity contribution in [2.75, 3.05) is 6.61 Å². The van der Waals surface area contributed by atoms with E-state index in [-0.39, 0.29) is 5.92 Å². The number of alkyl halides is 2. The molecule has 3 rings (SSSR count). The van der Waals surface area contributed by atoms with Gasteiger partial charge in [-0.2, -0.15) is 0 Å². The summed E-state index contributed by atoms with van der Waals surface area (Å²) in [4.78, 5) is 0. The second-order valence-electron chi connectivity index (χ2n) is 9.12. The van der Waals surface area contributed by atoms with Crippen LogP contribution in [0.1, 0.15) is 78.1 Å². The number of halogens is 2. The summed E-state index contributed by atoms with van der Waals surface area (Å²) in [5.74, 6) is 3.19. The number of rotatable bonds is 4. The van der Waals surface area contributed by atoms with Crippen LogP contribution in [0.2, 0.25) is 0 Å². The summed E-state index contributed by atoms with van der Waals surface area (Å²) in [5.41, 5.74) is 0. The molecule has 0 aromatic carbocycles. The van der Waals surface area contributed by atoms with E-state index in [1.165, 1.54) is 51.4 Å². The minimum absolute atomic E-state index is 0.159. The molecule has 24 heavy (non-hydrogen) atoms. The third kappa shape index (κ3) is 4.51. The Labute approximate surface area is 146 Å². The monoisotopic (exact) mass is 342 g/mol. The number of hydrogen-bond acceptors (Lipinski definition) is 1. The first-order valence-corrected chi connectivity index (χ1v) is 10.4. The molecule has 3 aliphatic rings. The van der Waals surface area contributed by atoms with Gasteiger partial charge in [0.2, 0.25) is 0 Å². The molecule has 3 fully saturated rings. The Hall–Kier alpha value is -0.180. The van der Waals surface area contributed by atoms with Crippen LogP contribution in [-0.4, -0.2) is 25.1 Å². The van der Waals surface area contributed by atoms with Crippen molar-refractivity contribution < 1.29 is 13.5 Å². The van der Waals surface area contributed by atoms with Crippen LogP contribution in [0.4, 0.5) is 8.78 Å². The first-order valence-electron chi connectivity index (χ1n) is 10.4. The molecule has 0 aromatic heterocycles. The molecule has 0 aromatic rings. The van der Waals surface area contributed by atoms with Crippen LogP contribution in [0.3, 0.4) is 0 Å². The fourth-order valence-corrected chi connectivity index (χ4v) is 5.28. The highest BCUT2D eigenvalue weighted by molar-refractivity contribution is 4.88. The molecule has 140 valence electrons. The maximum absolute atomic E-state index is 14.1. The standard InChI is InChI=1S/C21H36F2O/c1-14-3-8-17(9-4-14)18-10-6-16(7-11-18)13-24-19-12-5-15(2)20(22)21(19)23/h14-21H,3-13H2,1-2H3. The molecule has 0 heterocycles. The van der Waals surface area contributed by atoms with Gasteiger partial charge < -0.3 is 4.74 Å². The van der Waals surface area contributed by atoms with E-state index in [4.69, 9.17) is 4.74 Å². The smallest absolute Gasteiger partial charge is 0.157 e. The van der Waals surface area contributed by atoms with Gasteiger partial charge in [-0.15, -0.1) is 0 Å². The van der Waals surface area contributed by atoms with Gasteiger partial charge in [-0.05, 0) is 81.0 Å². The topological polar surface area (TPSA) is 9.23 Å². The maximum Gasteiger partial charge on any atom is 0.157 e. The minimum atomic E-state index is -1.42. The Balaban J connectivity index is 1.37. The quantitative estimate of drug-likeness (QED) is 0.599. The molecule has 3 aliphatic carbocycles. The van der Waals surface area contributed by atoms with E-state index < -0.39 is 18.4 Å². The highest BCUT2D eigenvalue weighted by Gasteiger charge is 2.39. The lowest BCUT2D eigenvalue weighted by atomic mass is 9.69. The summed E-state index contributed by atoms with van der Waals surface area (Å²) < 4.78 is 33.7. The second-order valence-corrected chi connectivity index (χ2v) is 9.12. The van der Waals surface area contributed by atoms with Crippen molar-refractivity contribution in [3.63, 3.8) is 0 Å². The predicted molar refractivity (Wildman–Crippen MR) is 94.5 cm³/mol. The van der Waals surface area contributed by atoms with Gasteiger partial charge >= 0.3 is 0 Å². The fourth-order valence-electron chi connectivity index (χ4n) is 5.28. The Morgan fingerprint density at radius 3 is 1.92 bits per heavy atom. The van der Waals surface area contributed by atoms with Crippen molar-refractivity contribution in [3.8, 4) is 0 Å². The maximum atomic E-state index is 14.1. The van der Waals surface area contributed by atoms with Gasteiger partial charge in [-0.3, -0.25) is 0 Å². The van der Waals surface area contributed by atoms with E-state index in [1.54, 1.807) is 6.92 Å². The predicted octanol–water partition coefficient (Wildman–Crippen LogP) is 6.11. The largest absolute Gasteiger partial charge is 0.375 e. The van der Waals surface area contributed by atoms with Crippen LogP contribution in [0, 0.1) is 29.6 Å². The Morgan fingerprint density at radius 2 is 1.29 bits per heavy atom. The molecular weight excluding hydrogens is 306 g/mol. The Kier molecular flexibility index (Phi) is 6.56. The second kappa shape index (κ2) is 8.47. The zero-order valence-corrected chi connectivity index (χ0v) is 15.6. The zero-order valence-electron chi connectivity index (χ0n) is 15.6. The molecule has 0 spiro atoms. The van der Waals surface area contributed by atoms with E-state index in [0.29, 0.717) is 18.9 Å². The summed E-state index contributed by atoms with van der Waals surface area (Å²) >= 11 is 0. The molecule has 3 heteroatoms. The normalized spacial score (nSPS) is 47.5. The molecule has 1 nitrogen and oxygen atoms in total. The van der Waals surface area contributed by atoms with Crippen molar-refractivity contribution in [1.29, 1.82) is 0 Å². The first-order chi connectivity index (χ1) is 11.5. The third-order valence-electron chi connectivity index (χ3n) is 7.27. The summed E-state index contributed by atoms with van der Waals surface area (Å²) in [6.45, 7) is 4.83. The van der Waals surface area contributed by atoms with Gasteiger partial charge in [-0.25, -0.2) is 8.78 Å². The van der Waals surface area contributed by atoms with Crippen LogP contribution in [0.15, 0.2) is 0 Å². The number of ether oxygens (including phenoxy) is 1. The van der Waals surface area contributed by atoms with Gasteiger partial charge in [0, 0.05) is 6.61 Å². The van der Waals surface area contributed by atoms with Crippen LogP contribution >= 0.6 is 0 Å². The molecule has 3 saturated carbocycles. The van der Waals surface area contributed by atoms with Gasteiger partial charge in [0.15, 0.2) is 6.17 Å². The first kappa shape index (κ1) is 18.6. The molecule has 0 amide bonds. The van der Waals surface area contributed by atoms with E-state index in [1.807, 2.05) is 0 Å². The molecule has 0 aliphatic heterocycles. The summed E-state index contributed by atoms with van der Waals surface area (Å²) in [5, 5.41) is 0. The summed E-state index contributed by atoms with van der Waals surface area (Å²) in [6.07, 6.45) is 8.91. The molecule has 0 N–H and O–H groups in total. The van der Waals surface area contributed by atoms with E-state index in [0.717, 1.165) is 24.2 Å². The zero-order chi connectivity index (χ0) is 17.1. The lowest BCUT2D eigenvalue weighted by Gasteiger charge is -2.38. The molecule has 0 radical (unpaired) electrons. The minimum Gasteiger partial charge on any atom is -0.375 e. The highest BCUT2D eigenvalue weighted by Crippen LogP contribution is 2.41. The highest BCUT2D eigenvalue weighted by atomic mass is 19.2. The van der Waals surface area contributed by atoms with Gasteiger partial charge in [0.05, 0.1) is 6.10 Å². The summed E-state index contributed by atoms with van der Waals surface area (Å²) in [6, 6.07) is 0. The summed E-state index contributed by atoms with van der Waals surface area (Å²) in [7, 11) is 0. The molecule has 4 atom stereocenters. The fraction of sp³-hybridized carbons (Fsp3) is 1.00. The Bertz CT molecular complexity index is 372. The average molecular weight is 343 g/mol. The van der Waals surface area contributed by atoms with Crippen LogP contribution in [0.5, 0.6) is 0 Å². The van der Waals surface area contributed by atoms with Gasteiger partial charge in [-0.1, -0.05) is 26.7 Å². The van der Waals surface area contributed by atoms with E-state index >= 15 is 0 Å². The lowest BCUT2D eigenvalue weighted by molar-refractivity contribution is -0.0840. The van der Waals surface area contributed by atoms with Crippen LogP contribution < -0.4 is 0 Å². The van der Waals surface area contributed by atoms with Gasteiger partial charge in [0.25, 0.3) is 0 Å². The van der Waals surface area contributed by atoms with Crippen molar-refractivity contribution in [1.82, 2.24) is 0 Å². The molecular formula is C21H36F2O. The van der Waals surface area contributed by atoms with Gasteiger partial charge in [0.1, 0.15) is 6.17 Å².